The van der Waals surface area contributed by atoms with Gasteiger partial charge in [0.2, 0.25) is 5.91 Å². The van der Waals surface area contributed by atoms with Crippen LogP contribution in [0.2, 0.25) is 0 Å². The number of ether oxygens (including phenoxy) is 3. The van der Waals surface area contributed by atoms with Crippen molar-refractivity contribution in [2.24, 2.45) is 0 Å². The molecule has 1 amide bonds. The van der Waals surface area contributed by atoms with E-state index in [2.05, 4.69) is 99.0 Å². The van der Waals surface area contributed by atoms with Crippen LogP contribution in [0.1, 0.15) is 207 Å². The number of amides is 1. The summed E-state index contributed by atoms with van der Waals surface area (Å²) in [6.07, 6.45) is 63.5. The van der Waals surface area contributed by atoms with Crippen LogP contribution in [0.3, 0.4) is 0 Å². The van der Waals surface area contributed by atoms with Gasteiger partial charge in [-0.15, -0.1) is 0 Å². The molecule has 11 nitrogen and oxygen atoms in total. The molecule has 8 unspecified atom stereocenters. The zero-order valence-corrected chi connectivity index (χ0v) is 48.0. The fraction of sp³-hybridized carbons (Fsp3) is 0.636. The van der Waals surface area contributed by atoms with Gasteiger partial charge in [-0.3, -0.25) is 9.59 Å². The minimum Gasteiger partial charge on any atom is -0.454 e. The molecule has 0 saturated carbocycles. The van der Waals surface area contributed by atoms with Gasteiger partial charge in [-0.25, -0.2) is 0 Å². The van der Waals surface area contributed by atoms with E-state index in [9.17, 15) is 35.1 Å². The van der Waals surface area contributed by atoms with Crippen LogP contribution in [-0.2, 0) is 23.8 Å². The maximum absolute atomic E-state index is 13.4. The number of allylic oxidation sites excluding steroid dienone is 21. The van der Waals surface area contributed by atoms with E-state index in [-0.39, 0.29) is 19.4 Å². The van der Waals surface area contributed by atoms with E-state index < -0.39 is 67.4 Å². The van der Waals surface area contributed by atoms with Crippen LogP contribution in [0.15, 0.2) is 134 Å². The second-order valence-electron chi connectivity index (χ2n) is 20.1. The summed E-state index contributed by atoms with van der Waals surface area (Å²) in [6, 6.07) is -1.05. The lowest BCUT2D eigenvalue weighted by molar-refractivity contribution is -0.305. The van der Waals surface area contributed by atoms with E-state index in [1.54, 1.807) is 6.08 Å². The van der Waals surface area contributed by atoms with E-state index in [1.165, 1.54) is 38.5 Å². The average Bonchev–Trinajstić information content (AvgIpc) is 3.43. The Morgan fingerprint density at radius 2 is 1.00 bits per heavy atom. The summed E-state index contributed by atoms with van der Waals surface area (Å²) in [7, 11) is 0. The van der Waals surface area contributed by atoms with Gasteiger partial charge < -0.3 is 45.1 Å². The van der Waals surface area contributed by atoms with Gasteiger partial charge in [0.1, 0.15) is 24.4 Å². The smallest absolute Gasteiger partial charge is 0.306 e. The topological polar surface area (TPSA) is 175 Å². The summed E-state index contributed by atoms with van der Waals surface area (Å²) in [6.45, 7) is 5.47. The molecule has 0 spiro atoms. The Labute approximate surface area is 467 Å². The van der Waals surface area contributed by atoms with Crippen molar-refractivity contribution >= 4 is 11.9 Å². The van der Waals surface area contributed by atoms with Crippen LogP contribution in [0.25, 0.3) is 0 Å². The normalized spacial score (nSPS) is 20.0. The molecular weight excluding hydrogens is 967 g/mol. The number of unbranched alkanes of at least 4 members (excludes halogenated alkanes) is 18. The molecule has 6 N–H and O–H groups in total. The van der Waals surface area contributed by atoms with Crippen LogP contribution in [-0.4, -0.2) is 99.6 Å². The summed E-state index contributed by atoms with van der Waals surface area (Å²) in [5.74, 6) is -1.26. The molecule has 1 aliphatic heterocycles. The third-order valence-corrected chi connectivity index (χ3v) is 13.2. The molecule has 0 aromatic rings. The lowest BCUT2D eigenvalue weighted by Crippen LogP contribution is -2.61. The number of carbonyl (C=O) groups excluding carboxylic acids is 2. The maximum atomic E-state index is 13.4. The van der Waals surface area contributed by atoms with E-state index in [4.69, 9.17) is 14.2 Å². The first-order valence-corrected chi connectivity index (χ1v) is 30.0. The molecule has 1 rings (SSSR count). The van der Waals surface area contributed by atoms with Crippen LogP contribution >= 0.6 is 0 Å². The van der Waals surface area contributed by atoms with E-state index in [0.29, 0.717) is 12.8 Å². The highest BCUT2D eigenvalue weighted by atomic mass is 16.7. The molecule has 0 aliphatic carbocycles. The Bertz CT molecular complexity index is 1760. The Balaban J connectivity index is 2.71. The standard InChI is InChI=1S/C66H107NO10/c1-4-7-10-13-16-19-22-24-26-27-28-29-30-31-32-34-35-38-41-44-47-50-53-59(70)65(74)67-57(58(69)52-49-46-43-40-37-21-18-15-12-9-6-3)56-75-66-64(63(73)62(72)60(55-68)76-66)77-61(71)54-51-48-45-42-39-36-33-25-23-20-17-14-11-8-5-2/h7-8,10-11,14,16-17,19-20,23-26,28-29,31-33,36,39,49,52,57-60,62-64,66,68-70,72-73H,4-6,9,12-13,15,18,21-22,27,30,34-35,37-38,40-48,50-51,53-56H2,1-3H3,(H,67,74)/b10-7-,11-8+,17-14+,19-16-,23-20-,26-24-,29-28-,32-31-,33-25-,39-36+,52-49+. The quantitative estimate of drug-likeness (QED) is 0.0149. The predicted octanol–water partition coefficient (Wildman–Crippen LogP) is 14.1. The molecule has 0 aromatic heterocycles. The van der Waals surface area contributed by atoms with Gasteiger partial charge in [-0.05, 0) is 89.9 Å². The molecule has 0 radical (unpaired) electrons. The van der Waals surface area contributed by atoms with E-state index in [0.717, 1.165) is 122 Å². The van der Waals surface area contributed by atoms with E-state index in [1.807, 2.05) is 54.7 Å². The molecule has 1 aliphatic rings. The van der Waals surface area contributed by atoms with Crippen LogP contribution < -0.4 is 5.32 Å². The molecular formula is C66H107NO10. The molecule has 1 heterocycles. The minimum absolute atomic E-state index is 0.0652. The number of aliphatic hydroxyl groups is 5. The van der Waals surface area contributed by atoms with Crippen molar-refractivity contribution < 1.29 is 49.3 Å². The highest BCUT2D eigenvalue weighted by Gasteiger charge is 2.47. The van der Waals surface area contributed by atoms with Crippen LogP contribution in [0.5, 0.6) is 0 Å². The summed E-state index contributed by atoms with van der Waals surface area (Å²) in [4.78, 5) is 26.5. The lowest BCUT2D eigenvalue weighted by Gasteiger charge is -2.41. The van der Waals surface area contributed by atoms with Crippen molar-refractivity contribution in [1.29, 1.82) is 0 Å². The number of carbonyl (C=O) groups is 2. The molecule has 77 heavy (non-hydrogen) atoms. The molecule has 8 atom stereocenters. The van der Waals surface area contributed by atoms with Crippen molar-refractivity contribution in [3.8, 4) is 0 Å². The van der Waals surface area contributed by atoms with Crippen molar-refractivity contribution in [3.05, 3.63) is 134 Å². The van der Waals surface area contributed by atoms with Gasteiger partial charge in [0.15, 0.2) is 12.4 Å². The molecule has 0 bridgehead atoms. The second kappa shape index (κ2) is 52.5. The van der Waals surface area contributed by atoms with Crippen molar-refractivity contribution in [3.63, 3.8) is 0 Å². The number of aliphatic hydroxyl groups excluding tert-OH is 5. The Hall–Kier alpha value is -4.20. The highest BCUT2D eigenvalue weighted by Crippen LogP contribution is 2.26. The predicted molar refractivity (Wildman–Crippen MR) is 319 cm³/mol. The largest absolute Gasteiger partial charge is 0.454 e. The first-order valence-electron chi connectivity index (χ1n) is 30.0. The number of rotatable bonds is 48. The maximum Gasteiger partial charge on any atom is 0.306 e. The molecule has 1 saturated heterocycles. The molecule has 11 heteroatoms. The van der Waals surface area contributed by atoms with Gasteiger partial charge in [-0.2, -0.15) is 0 Å². The van der Waals surface area contributed by atoms with Crippen molar-refractivity contribution in [1.82, 2.24) is 5.32 Å². The average molecular weight is 1070 g/mol. The summed E-state index contributed by atoms with van der Waals surface area (Å²) in [5, 5.41) is 56.9. The van der Waals surface area contributed by atoms with Crippen molar-refractivity contribution in [2.75, 3.05) is 13.2 Å². The minimum atomic E-state index is -1.64. The number of hydrogen-bond acceptors (Lipinski definition) is 10. The highest BCUT2D eigenvalue weighted by molar-refractivity contribution is 5.80. The second-order valence-corrected chi connectivity index (χ2v) is 20.1. The third-order valence-electron chi connectivity index (χ3n) is 13.2. The molecule has 1 fully saturated rings. The summed E-state index contributed by atoms with van der Waals surface area (Å²) in [5.41, 5.74) is 0. The molecule has 436 valence electrons. The van der Waals surface area contributed by atoms with Gasteiger partial charge in [0.05, 0.1) is 25.4 Å². The Morgan fingerprint density at radius 1 is 0.532 bits per heavy atom. The Morgan fingerprint density at radius 3 is 1.56 bits per heavy atom. The summed E-state index contributed by atoms with van der Waals surface area (Å²) < 4.78 is 17.5. The van der Waals surface area contributed by atoms with Crippen LogP contribution in [0, 0.1) is 0 Å². The van der Waals surface area contributed by atoms with Gasteiger partial charge >= 0.3 is 5.97 Å². The number of esters is 1. The van der Waals surface area contributed by atoms with Gasteiger partial charge in [0, 0.05) is 6.42 Å². The summed E-state index contributed by atoms with van der Waals surface area (Å²) >= 11 is 0. The van der Waals surface area contributed by atoms with Gasteiger partial charge in [-0.1, -0.05) is 244 Å². The fourth-order valence-corrected chi connectivity index (χ4v) is 8.46. The zero-order valence-electron chi connectivity index (χ0n) is 48.0. The lowest BCUT2D eigenvalue weighted by atomic mass is 9.99. The van der Waals surface area contributed by atoms with Crippen LogP contribution in [0.4, 0.5) is 0 Å². The SMILES string of the molecule is CC/C=C\C/C=C\C/C=C\C/C=C\C/C=C\CCCCCCCCC(O)C(=O)NC(COC1OC(CO)C(O)C(O)C1OC(=O)CCCCC/C=C/C=C\C=C/C=C/C=C/CC)C(O)/C=C/CCCCCCCCCCC. The monoisotopic (exact) mass is 1070 g/mol. The zero-order chi connectivity index (χ0) is 56.1. The van der Waals surface area contributed by atoms with E-state index >= 15 is 0 Å². The Kier molecular flexibility index (Phi) is 48.3. The number of hydrogen-bond donors (Lipinski definition) is 6. The third kappa shape index (κ3) is 40.6. The van der Waals surface area contributed by atoms with Gasteiger partial charge in [0.25, 0.3) is 0 Å². The van der Waals surface area contributed by atoms with Crippen molar-refractivity contribution in [2.45, 2.75) is 256 Å². The fourth-order valence-electron chi connectivity index (χ4n) is 8.46. The first-order chi connectivity index (χ1) is 37.7. The first kappa shape index (κ1) is 70.8. The molecule has 0 aromatic carbocycles. The number of nitrogens with one attached hydrogen (secondary N) is 1.